The molecular weight excluding hydrogens is 636 g/mol. The highest BCUT2D eigenvalue weighted by molar-refractivity contribution is 8.32. The molecule has 1 aromatic carbocycles. The van der Waals surface area contributed by atoms with Gasteiger partial charge in [-0.25, -0.2) is 22.8 Å². The summed E-state index contributed by atoms with van der Waals surface area (Å²) in [4.78, 5) is 4.57. The molecule has 0 spiro atoms. The number of pyridine rings is 1. The van der Waals surface area contributed by atoms with Crippen LogP contribution in [0.3, 0.4) is 0 Å². The van der Waals surface area contributed by atoms with Crippen molar-refractivity contribution in [3.05, 3.63) is 71.2 Å². The van der Waals surface area contributed by atoms with E-state index in [9.17, 15) is 8.42 Å². The lowest BCUT2D eigenvalue weighted by molar-refractivity contribution is 0.391. The first kappa shape index (κ1) is 32.9. The summed E-state index contributed by atoms with van der Waals surface area (Å²) in [5.74, 6) is 2.16. The summed E-state index contributed by atoms with van der Waals surface area (Å²) >= 11 is 6.33. The second-order valence-electron chi connectivity index (χ2n) is 11.4. The maximum Gasteiger partial charge on any atom is 0.246 e. The lowest BCUT2D eigenvalue weighted by Gasteiger charge is -2.30. The fourth-order valence-electron chi connectivity index (χ4n) is 5.13. The van der Waals surface area contributed by atoms with Gasteiger partial charge in [0.25, 0.3) is 0 Å². The SMILES string of the molecule is COc1cccc(OC)c1-n1c(-c2ccco2)nnc1N(CCS(C)(C)C)S(=O)(=O)CCc1ncc(Cl)cc1C1=CCNCC1. The Balaban J connectivity index is 1.62. The van der Waals surface area contributed by atoms with Crippen molar-refractivity contribution in [3.8, 4) is 28.8 Å². The van der Waals surface area contributed by atoms with Crippen LogP contribution in [0.15, 0.2) is 59.4 Å². The lowest BCUT2D eigenvalue weighted by atomic mass is 9.98. The highest BCUT2D eigenvalue weighted by atomic mass is 35.5. The summed E-state index contributed by atoms with van der Waals surface area (Å²) in [6, 6.07) is 10.7. The molecule has 5 rings (SSSR count). The number of sulfonamides is 1. The van der Waals surface area contributed by atoms with Gasteiger partial charge in [-0.2, -0.15) is 0 Å². The van der Waals surface area contributed by atoms with Gasteiger partial charge in [0.1, 0.15) is 17.2 Å². The number of furan rings is 1. The fourth-order valence-corrected chi connectivity index (χ4v) is 7.54. The summed E-state index contributed by atoms with van der Waals surface area (Å²) in [7, 11) is -1.98. The van der Waals surface area contributed by atoms with Crippen LogP contribution in [-0.4, -0.2) is 92.3 Å². The number of methoxy groups -OCH3 is 2. The number of anilines is 1. The van der Waals surface area contributed by atoms with Gasteiger partial charge < -0.3 is 19.2 Å². The largest absolute Gasteiger partial charge is 0.494 e. The van der Waals surface area contributed by atoms with Crippen LogP contribution in [0.4, 0.5) is 5.95 Å². The van der Waals surface area contributed by atoms with Gasteiger partial charge in [-0.05, 0) is 73.4 Å². The molecule has 0 saturated carbocycles. The lowest BCUT2D eigenvalue weighted by Crippen LogP contribution is -2.38. The van der Waals surface area contributed by atoms with Gasteiger partial charge in [0, 0.05) is 37.0 Å². The Kier molecular flexibility index (Phi) is 10.1. The first-order valence-corrected chi connectivity index (χ1v) is 19.5. The third kappa shape index (κ3) is 7.49. The third-order valence-electron chi connectivity index (χ3n) is 7.42. The number of hydrogen-bond donors (Lipinski definition) is 1. The molecule has 0 aliphatic carbocycles. The van der Waals surface area contributed by atoms with E-state index in [4.69, 9.17) is 25.5 Å². The predicted molar refractivity (Wildman–Crippen MR) is 182 cm³/mol. The predicted octanol–water partition coefficient (Wildman–Crippen LogP) is 5.04. The van der Waals surface area contributed by atoms with E-state index in [1.165, 1.54) is 10.6 Å². The van der Waals surface area contributed by atoms with Crippen LogP contribution in [0.1, 0.15) is 17.7 Å². The highest BCUT2D eigenvalue weighted by Crippen LogP contribution is 2.40. The molecule has 0 fully saturated rings. The van der Waals surface area contributed by atoms with E-state index in [1.807, 2.05) is 6.07 Å². The van der Waals surface area contributed by atoms with Gasteiger partial charge in [-0.3, -0.25) is 9.55 Å². The topological polar surface area (TPSA) is 125 Å². The number of halogens is 1. The molecule has 1 N–H and O–H groups in total. The van der Waals surface area contributed by atoms with Gasteiger partial charge in [0.05, 0.1) is 31.3 Å². The Morgan fingerprint density at radius 3 is 2.44 bits per heavy atom. The standard InChI is InChI=1S/C31H39ClN6O5S2/c1-41-26-8-6-9-27(42-2)29(26)38-30(28-10-7-17-43-28)35-36-31(38)37(16-19-44(3,4)5)45(39,40)18-13-25-24(20-23(32)21-34-25)22-11-14-33-15-12-22/h6-11,17,20-21,33H,12-16,18-19H2,1-5H3. The van der Waals surface area contributed by atoms with Gasteiger partial charge in [-0.1, -0.05) is 23.7 Å². The summed E-state index contributed by atoms with van der Waals surface area (Å²) in [6.07, 6.45) is 12.6. The molecule has 11 nitrogen and oxygen atoms in total. The molecule has 0 radical (unpaired) electrons. The van der Waals surface area contributed by atoms with E-state index >= 15 is 0 Å². The van der Waals surface area contributed by atoms with Crippen LogP contribution in [0.25, 0.3) is 22.8 Å². The molecule has 0 amide bonds. The van der Waals surface area contributed by atoms with Crippen LogP contribution in [0.2, 0.25) is 5.02 Å². The molecule has 4 aromatic rings. The van der Waals surface area contributed by atoms with Crippen LogP contribution >= 0.6 is 21.6 Å². The minimum absolute atomic E-state index is 0.109. The summed E-state index contributed by atoms with van der Waals surface area (Å²) in [6.45, 7) is 1.77. The summed E-state index contributed by atoms with van der Waals surface area (Å²) in [5, 5.41) is 12.7. The summed E-state index contributed by atoms with van der Waals surface area (Å²) in [5.41, 5.74) is 3.13. The van der Waals surface area contributed by atoms with Gasteiger partial charge in [-0.15, -0.1) is 10.2 Å². The first-order chi connectivity index (χ1) is 21.5. The second-order valence-corrected chi connectivity index (χ2v) is 18.5. The van der Waals surface area contributed by atoms with Crippen molar-refractivity contribution in [1.82, 2.24) is 25.1 Å². The molecule has 0 bridgehead atoms. The van der Waals surface area contributed by atoms with Crippen molar-refractivity contribution >= 4 is 43.2 Å². The molecule has 0 unspecified atom stereocenters. The number of para-hydroxylation sites is 1. The molecule has 0 atom stereocenters. The van der Waals surface area contributed by atoms with E-state index in [-0.39, 0.29) is 24.7 Å². The molecular formula is C31H39ClN6O5S2. The van der Waals surface area contributed by atoms with Crippen LogP contribution in [-0.2, 0) is 16.4 Å². The summed E-state index contributed by atoms with van der Waals surface area (Å²) < 4.78 is 49.1. The molecule has 4 heterocycles. The number of rotatable bonds is 13. The maximum atomic E-state index is 14.5. The smallest absolute Gasteiger partial charge is 0.246 e. The van der Waals surface area contributed by atoms with Crippen LogP contribution in [0, 0.1) is 0 Å². The maximum absolute atomic E-state index is 14.5. The first-order valence-electron chi connectivity index (χ1n) is 14.4. The van der Waals surface area contributed by atoms with E-state index < -0.39 is 20.1 Å². The van der Waals surface area contributed by atoms with E-state index in [1.54, 1.807) is 55.3 Å². The van der Waals surface area contributed by atoms with Crippen molar-refractivity contribution in [2.75, 3.05) is 68.4 Å². The Bertz CT molecular complexity index is 1740. The number of aryl methyl sites for hydroxylation is 1. The number of nitrogens with one attached hydrogen (secondary N) is 1. The molecule has 0 saturated heterocycles. The number of hydrogen-bond acceptors (Lipinski definition) is 9. The average Bonchev–Trinajstić information content (AvgIpc) is 3.70. The minimum atomic E-state index is -3.97. The molecule has 14 heteroatoms. The molecule has 45 heavy (non-hydrogen) atoms. The normalized spacial score (nSPS) is 14.2. The minimum Gasteiger partial charge on any atom is -0.494 e. The average molecular weight is 675 g/mol. The highest BCUT2D eigenvalue weighted by Gasteiger charge is 2.33. The number of benzene rings is 1. The monoisotopic (exact) mass is 674 g/mol. The van der Waals surface area contributed by atoms with Gasteiger partial charge >= 0.3 is 0 Å². The molecule has 242 valence electrons. The van der Waals surface area contributed by atoms with Crippen molar-refractivity contribution < 1.29 is 22.3 Å². The number of nitrogens with zero attached hydrogens (tertiary/aromatic N) is 5. The number of ether oxygens (including phenoxy) is 2. The van der Waals surface area contributed by atoms with Crippen LogP contribution in [0.5, 0.6) is 11.5 Å². The van der Waals surface area contributed by atoms with Crippen molar-refractivity contribution in [2.45, 2.75) is 12.8 Å². The molecule has 1 aliphatic heterocycles. The molecule has 3 aromatic heterocycles. The van der Waals surface area contributed by atoms with Crippen molar-refractivity contribution in [2.24, 2.45) is 0 Å². The zero-order valence-electron chi connectivity index (χ0n) is 26.1. The second kappa shape index (κ2) is 13.9. The zero-order valence-corrected chi connectivity index (χ0v) is 28.5. The fraction of sp³-hybridized carbons (Fsp3) is 0.387. The van der Waals surface area contributed by atoms with Crippen LogP contribution < -0.4 is 19.1 Å². The quantitative estimate of drug-likeness (QED) is 0.208. The Morgan fingerprint density at radius 1 is 1.07 bits per heavy atom. The van der Waals surface area contributed by atoms with Crippen molar-refractivity contribution in [3.63, 3.8) is 0 Å². The Hall–Kier alpha value is -3.52. The van der Waals surface area contributed by atoms with E-state index in [0.717, 1.165) is 30.6 Å². The molecule has 1 aliphatic rings. The van der Waals surface area contributed by atoms with E-state index in [2.05, 4.69) is 45.3 Å². The Labute approximate surface area is 271 Å². The zero-order chi connectivity index (χ0) is 32.2. The van der Waals surface area contributed by atoms with E-state index in [0.29, 0.717) is 45.2 Å². The Morgan fingerprint density at radius 2 is 1.82 bits per heavy atom. The number of aromatic nitrogens is 4. The van der Waals surface area contributed by atoms with Gasteiger partial charge in [0.2, 0.25) is 21.8 Å². The van der Waals surface area contributed by atoms with Crippen molar-refractivity contribution in [1.29, 1.82) is 0 Å². The van der Waals surface area contributed by atoms with Gasteiger partial charge in [0.15, 0.2) is 5.76 Å². The third-order valence-corrected chi connectivity index (χ3v) is 10.8.